The Bertz CT molecular complexity index is 931. The van der Waals surface area contributed by atoms with Gasteiger partial charge in [-0.1, -0.05) is 22.9 Å². The summed E-state index contributed by atoms with van der Waals surface area (Å²) in [4.78, 5) is 20.0. The van der Waals surface area contributed by atoms with Crippen molar-refractivity contribution in [1.29, 1.82) is 0 Å². The Kier molecular flexibility index (Phi) is 13.0. The molecule has 2 aromatic rings. The van der Waals surface area contributed by atoms with Gasteiger partial charge in [0.05, 0.1) is 38.7 Å². The number of hydrogen-bond donors (Lipinski definition) is 2. The number of anilines is 2. The average Bonchev–Trinajstić information content (AvgIpc) is 2.84. The van der Waals surface area contributed by atoms with E-state index in [0.29, 0.717) is 81.8 Å². The van der Waals surface area contributed by atoms with Gasteiger partial charge in [-0.2, -0.15) is 4.98 Å². The van der Waals surface area contributed by atoms with Crippen LogP contribution < -0.4 is 25.7 Å². The molecule has 1 aromatic heterocycles. The first-order valence-corrected chi connectivity index (χ1v) is 12.8. The monoisotopic (exact) mass is 554 g/mol. The van der Waals surface area contributed by atoms with Crippen LogP contribution in [0.4, 0.5) is 11.8 Å². The third-order valence-electron chi connectivity index (χ3n) is 4.76. The molecule has 0 aliphatic heterocycles. The summed E-state index contributed by atoms with van der Waals surface area (Å²) in [6.07, 6.45) is 1.96. The van der Waals surface area contributed by atoms with Crippen molar-refractivity contribution >= 4 is 33.7 Å². The van der Waals surface area contributed by atoms with E-state index in [-0.39, 0.29) is 24.2 Å². The summed E-state index contributed by atoms with van der Waals surface area (Å²) in [5.74, 6) is 1.93. The second-order valence-corrected chi connectivity index (χ2v) is 8.16. The highest BCUT2D eigenvalue weighted by Gasteiger charge is 2.13. The zero-order chi connectivity index (χ0) is 25.5. The van der Waals surface area contributed by atoms with Gasteiger partial charge in [0, 0.05) is 18.2 Å². The fourth-order valence-electron chi connectivity index (χ4n) is 3.17. The van der Waals surface area contributed by atoms with E-state index < -0.39 is 0 Å². The number of esters is 1. The van der Waals surface area contributed by atoms with Gasteiger partial charge in [0.2, 0.25) is 5.95 Å². The van der Waals surface area contributed by atoms with Crippen molar-refractivity contribution in [3.8, 4) is 17.2 Å². The molecule has 11 heteroatoms. The summed E-state index contributed by atoms with van der Waals surface area (Å²) in [6.45, 7) is 6.41. The number of nitrogens with zero attached hydrogens (tertiary/aromatic N) is 2. The number of nitrogens with two attached hydrogens (primary N) is 2. The molecule has 1 heterocycles. The normalized spacial score (nSPS) is 10.7. The van der Waals surface area contributed by atoms with E-state index in [9.17, 15) is 4.79 Å². The number of alkyl halides is 1. The Hall–Kier alpha value is -2.79. The van der Waals surface area contributed by atoms with E-state index in [1.807, 2.05) is 25.1 Å². The highest BCUT2D eigenvalue weighted by molar-refractivity contribution is 9.09. The van der Waals surface area contributed by atoms with Crippen LogP contribution in [0.1, 0.15) is 37.9 Å². The van der Waals surface area contributed by atoms with Crippen LogP contribution in [0.5, 0.6) is 17.2 Å². The molecule has 0 aliphatic carbocycles. The zero-order valence-corrected chi connectivity index (χ0v) is 22.0. The summed E-state index contributed by atoms with van der Waals surface area (Å²) in [7, 11) is 0. The third-order valence-corrected chi connectivity index (χ3v) is 5.08. The molecule has 0 saturated heterocycles. The molecule has 0 spiro atoms. The third kappa shape index (κ3) is 10.2. The van der Waals surface area contributed by atoms with E-state index in [2.05, 4.69) is 25.9 Å². The van der Waals surface area contributed by atoms with Crippen LogP contribution in [0.25, 0.3) is 0 Å². The number of halogens is 1. The van der Waals surface area contributed by atoms with Gasteiger partial charge in [0.15, 0.2) is 11.6 Å². The van der Waals surface area contributed by atoms with Gasteiger partial charge in [0.25, 0.3) is 0 Å². The van der Waals surface area contributed by atoms with Crippen molar-refractivity contribution in [2.24, 2.45) is 0 Å². The van der Waals surface area contributed by atoms with Gasteiger partial charge in [-0.3, -0.25) is 4.79 Å². The number of ether oxygens (including phenoxy) is 5. The Morgan fingerprint density at radius 3 is 2.54 bits per heavy atom. The van der Waals surface area contributed by atoms with Crippen molar-refractivity contribution in [2.45, 2.75) is 39.5 Å². The van der Waals surface area contributed by atoms with Gasteiger partial charge < -0.3 is 35.2 Å². The van der Waals surface area contributed by atoms with Gasteiger partial charge >= 0.3 is 5.97 Å². The topological polar surface area (TPSA) is 141 Å². The summed E-state index contributed by atoms with van der Waals surface area (Å²) in [5, 5.41) is 0.781. The molecule has 4 N–H and O–H groups in total. The van der Waals surface area contributed by atoms with Crippen LogP contribution in [-0.4, -0.2) is 60.9 Å². The molecule has 0 fully saturated rings. The molecule has 0 unspecified atom stereocenters. The Morgan fingerprint density at radius 1 is 1.00 bits per heavy atom. The van der Waals surface area contributed by atoms with E-state index in [4.69, 9.17) is 35.2 Å². The molecule has 0 atom stereocenters. The number of hydrogen-bond acceptors (Lipinski definition) is 10. The molecule has 1 aromatic carbocycles. The standard InChI is InChI=1S/C24H35BrN4O6/c1-3-19-22(23(26)29-24(27)28-19)35-12-5-11-34-20-8-7-18(33-15-14-31-13-10-25)16-17(20)6-9-21(30)32-4-2/h7-8,16H,3-6,9-15H2,1-2H3,(H4,26,27,28,29). The number of aromatic nitrogens is 2. The van der Waals surface area contributed by atoms with Crippen LogP contribution in [0.15, 0.2) is 18.2 Å². The maximum atomic E-state index is 11.9. The van der Waals surface area contributed by atoms with Gasteiger partial charge in [0.1, 0.15) is 18.1 Å². The second kappa shape index (κ2) is 16.0. The lowest BCUT2D eigenvalue weighted by molar-refractivity contribution is -0.143. The van der Waals surface area contributed by atoms with Crippen molar-refractivity contribution in [3.05, 3.63) is 29.5 Å². The quantitative estimate of drug-likeness (QED) is 0.170. The molecule has 10 nitrogen and oxygen atoms in total. The highest BCUT2D eigenvalue weighted by atomic mass is 79.9. The van der Waals surface area contributed by atoms with E-state index >= 15 is 0 Å². The van der Waals surface area contributed by atoms with Gasteiger partial charge in [-0.15, -0.1) is 0 Å². The molecule has 0 amide bonds. The molecule has 35 heavy (non-hydrogen) atoms. The lowest BCUT2D eigenvalue weighted by atomic mass is 10.1. The Balaban J connectivity index is 1.93. The van der Waals surface area contributed by atoms with Crippen LogP contribution in [-0.2, 0) is 27.1 Å². The van der Waals surface area contributed by atoms with Crippen molar-refractivity contribution in [2.75, 3.05) is 56.4 Å². The number of carbonyl (C=O) groups excluding carboxylic acids is 1. The van der Waals surface area contributed by atoms with Crippen molar-refractivity contribution in [3.63, 3.8) is 0 Å². The van der Waals surface area contributed by atoms with Crippen LogP contribution >= 0.6 is 15.9 Å². The number of rotatable bonds is 17. The first-order chi connectivity index (χ1) is 17.0. The maximum Gasteiger partial charge on any atom is 0.306 e. The number of carbonyl (C=O) groups is 1. The minimum atomic E-state index is -0.253. The van der Waals surface area contributed by atoms with Crippen LogP contribution in [0.2, 0.25) is 0 Å². The molecule has 0 saturated carbocycles. The molecular formula is C24H35BrN4O6. The smallest absolute Gasteiger partial charge is 0.306 e. The van der Waals surface area contributed by atoms with Gasteiger partial charge in [-0.25, -0.2) is 4.98 Å². The summed E-state index contributed by atoms with van der Waals surface area (Å²) < 4.78 is 28.0. The molecule has 2 rings (SSSR count). The minimum Gasteiger partial charge on any atom is -0.493 e. The molecule has 0 aliphatic rings. The fraction of sp³-hybridized carbons (Fsp3) is 0.542. The SMILES string of the molecule is CCOC(=O)CCc1cc(OCCOCCBr)ccc1OCCCOc1c(N)nc(N)nc1CC. The largest absolute Gasteiger partial charge is 0.493 e. The highest BCUT2D eigenvalue weighted by Crippen LogP contribution is 2.27. The molecule has 194 valence electrons. The first kappa shape index (κ1) is 28.4. The van der Waals surface area contributed by atoms with E-state index in [1.54, 1.807) is 6.92 Å². The lowest BCUT2D eigenvalue weighted by Crippen LogP contribution is -2.12. The summed E-state index contributed by atoms with van der Waals surface area (Å²) in [6, 6.07) is 5.57. The zero-order valence-electron chi connectivity index (χ0n) is 20.4. The maximum absolute atomic E-state index is 11.9. The number of benzene rings is 1. The fourth-order valence-corrected chi connectivity index (χ4v) is 3.40. The van der Waals surface area contributed by atoms with Crippen molar-refractivity contribution < 1.29 is 28.5 Å². The number of nitrogen functional groups attached to an aromatic ring is 2. The van der Waals surface area contributed by atoms with E-state index in [1.165, 1.54) is 0 Å². The van der Waals surface area contributed by atoms with Crippen molar-refractivity contribution in [1.82, 2.24) is 9.97 Å². The van der Waals surface area contributed by atoms with Gasteiger partial charge in [-0.05, 0) is 43.5 Å². The minimum absolute atomic E-state index is 0.129. The second-order valence-electron chi connectivity index (χ2n) is 7.37. The first-order valence-electron chi connectivity index (χ1n) is 11.7. The Labute approximate surface area is 214 Å². The molecule has 0 bridgehead atoms. The lowest BCUT2D eigenvalue weighted by Gasteiger charge is -2.15. The molecular weight excluding hydrogens is 520 g/mol. The molecule has 0 radical (unpaired) electrons. The predicted molar refractivity (Wildman–Crippen MR) is 137 cm³/mol. The summed E-state index contributed by atoms with van der Waals surface area (Å²) in [5.41, 5.74) is 13.1. The summed E-state index contributed by atoms with van der Waals surface area (Å²) >= 11 is 3.32. The average molecular weight is 555 g/mol. The predicted octanol–water partition coefficient (Wildman–Crippen LogP) is 3.34. The van der Waals surface area contributed by atoms with Crippen LogP contribution in [0, 0.1) is 0 Å². The Morgan fingerprint density at radius 2 is 1.80 bits per heavy atom. The number of aryl methyl sites for hydroxylation is 2. The van der Waals surface area contributed by atoms with E-state index in [0.717, 1.165) is 10.9 Å². The van der Waals surface area contributed by atoms with Crippen LogP contribution in [0.3, 0.4) is 0 Å².